The van der Waals surface area contributed by atoms with Gasteiger partial charge < -0.3 is 10.6 Å². The second kappa shape index (κ2) is 10.4. The molecule has 4 rings (SSSR count). The molecule has 0 aliphatic carbocycles. The summed E-state index contributed by atoms with van der Waals surface area (Å²) in [6.45, 7) is 1.13. The van der Waals surface area contributed by atoms with Crippen molar-refractivity contribution in [3.8, 4) is 0 Å². The van der Waals surface area contributed by atoms with Crippen LogP contribution in [-0.2, 0) is 21.2 Å². The molecule has 1 heterocycles. The third kappa shape index (κ3) is 5.76. The first-order valence-corrected chi connectivity index (χ1v) is 13.0. The largest absolute Gasteiger partial charge is 0.332 e. The highest BCUT2D eigenvalue weighted by Crippen LogP contribution is 2.22. The van der Waals surface area contributed by atoms with E-state index in [0.717, 1.165) is 42.0 Å². The lowest BCUT2D eigenvalue weighted by atomic mass is 10.0. The fourth-order valence-corrected chi connectivity index (χ4v) is 5.84. The number of hydrogen-bond acceptors (Lipinski definition) is 4. The molecule has 1 fully saturated rings. The van der Waals surface area contributed by atoms with Crippen molar-refractivity contribution in [1.82, 2.24) is 9.62 Å². The van der Waals surface area contributed by atoms with E-state index < -0.39 is 10.0 Å². The van der Waals surface area contributed by atoms with Crippen molar-refractivity contribution in [2.45, 2.75) is 37.0 Å². The van der Waals surface area contributed by atoms with Gasteiger partial charge in [-0.2, -0.15) is 4.31 Å². The number of thiocarbonyl (C=S) groups is 1. The Kier molecular flexibility index (Phi) is 7.37. The van der Waals surface area contributed by atoms with Gasteiger partial charge >= 0.3 is 0 Å². The van der Waals surface area contributed by atoms with Crippen molar-refractivity contribution in [2.24, 2.45) is 0 Å². The van der Waals surface area contributed by atoms with Crippen molar-refractivity contribution < 1.29 is 13.2 Å². The molecule has 0 saturated carbocycles. The Morgan fingerprint density at radius 1 is 0.879 bits per heavy atom. The van der Waals surface area contributed by atoms with Crippen LogP contribution < -0.4 is 10.6 Å². The van der Waals surface area contributed by atoms with E-state index in [1.165, 1.54) is 0 Å². The monoisotopic (exact) mass is 481 g/mol. The van der Waals surface area contributed by atoms with Crippen molar-refractivity contribution >= 4 is 49.7 Å². The highest BCUT2D eigenvalue weighted by Gasteiger charge is 2.25. The van der Waals surface area contributed by atoms with Gasteiger partial charge in [0.2, 0.25) is 15.9 Å². The molecule has 2 N–H and O–H groups in total. The van der Waals surface area contributed by atoms with E-state index in [9.17, 15) is 13.2 Å². The first-order valence-electron chi connectivity index (χ1n) is 11.1. The molecule has 1 saturated heterocycles. The lowest BCUT2D eigenvalue weighted by Crippen LogP contribution is -2.35. The van der Waals surface area contributed by atoms with E-state index in [1.807, 2.05) is 42.5 Å². The summed E-state index contributed by atoms with van der Waals surface area (Å²) in [4.78, 5) is 12.8. The summed E-state index contributed by atoms with van der Waals surface area (Å²) in [5, 5.41) is 7.94. The molecule has 0 spiro atoms. The van der Waals surface area contributed by atoms with Crippen LogP contribution in [0.4, 0.5) is 5.69 Å². The number of anilines is 1. The molecule has 6 nitrogen and oxygen atoms in total. The number of amides is 1. The molecule has 0 aromatic heterocycles. The summed E-state index contributed by atoms with van der Waals surface area (Å²) in [6, 6.07) is 20.3. The third-order valence-corrected chi connectivity index (χ3v) is 7.92. The quantitative estimate of drug-likeness (QED) is 0.526. The zero-order valence-electron chi connectivity index (χ0n) is 18.3. The Labute approximate surface area is 200 Å². The minimum absolute atomic E-state index is 0.170. The highest BCUT2D eigenvalue weighted by molar-refractivity contribution is 7.89. The van der Waals surface area contributed by atoms with Gasteiger partial charge in [-0.1, -0.05) is 55.3 Å². The van der Waals surface area contributed by atoms with Crippen molar-refractivity contribution in [3.05, 3.63) is 72.3 Å². The Bertz CT molecular complexity index is 1240. The second-order valence-corrected chi connectivity index (χ2v) is 10.5. The normalized spacial score (nSPS) is 15.0. The van der Waals surface area contributed by atoms with E-state index in [1.54, 1.807) is 28.6 Å². The molecule has 3 aromatic carbocycles. The number of fused-ring (bicyclic) bond motifs is 1. The van der Waals surface area contributed by atoms with Crippen LogP contribution in [0.5, 0.6) is 0 Å². The summed E-state index contributed by atoms with van der Waals surface area (Å²) in [7, 11) is -3.50. The maximum absolute atomic E-state index is 12.9. The Balaban J connectivity index is 1.36. The molecule has 8 heteroatoms. The van der Waals surface area contributed by atoms with E-state index in [-0.39, 0.29) is 22.3 Å². The fourth-order valence-electron chi connectivity index (χ4n) is 4.09. The minimum atomic E-state index is -3.50. The van der Waals surface area contributed by atoms with Gasteiger partial charge in [0.1, 0.15) is 0 Å². The van der Waals surface area contributed by atoms with Crippen LogP contribution >= 0.6 is 12.2 Å². The Morgan fingerprint density at radius 2 is 1.55 bits per heavy atom. The topological polar surface area (TPSA) is 78.5 Å². The van der Waals surface area contributed by atoms with Gasteiger partial charge in [0, 0.05) is 18.8 Å². The SMILES string of the molecule is O=C(Cc1cccc2ccccc12)NC(=S)Nc1ccc(S(=O)(=O)N2CCCCCC2)cc1. The second-order valence-electron chi connectivity index (χ2n) is 8.16. The van der Waals surface area contributed by atoms with Gasteiger partial charge in [0.15, 0.2) is 5.11 Å². The number of benzene rings is 3. The zero-order chi connectivity index (χ0) is 23.3. The van der Waals surface area contributed by atoms with E-state index >= 15 is 0 Å². The average Bonchev–Trinajstić information content (AvgIpc) is 3.10. The van der Waals surface area contributed by atoms with E-state index in [0.29, 0.717) is 18.8 Å². The van der Waals surface area contributed by atoms with Gasteiger partial charge in [-0.15, -0.1) is 0 Å². The standard InChI is InChI=1S/C25H27N3O3S2/c29-24(18-20-10-7-9-19-8-3-4-11-23(19)20)27-25(32)26-21-12-14-22(15-13-21)33(30,31)28-16-5-1-2-6-17-28/h3-4,7-15H,1-2,5-6,16-18H2,(H2,26,27,29,32). The summed E-state index contributed by atoms with van der Waals surface area (Å²) in [5.41, 5.74) is 1.54. The molecule has 0 unspecified atom stereocenters. The lowest BCUT2D eigenvalue weighted by Gasteiger charge is -2.20. The van der Waals surface area contributed by atoms with Gasteiger partial charge in [-0.05, 0) is 65.7 Å². The summed E-state index contributed by atoms with van der Waals surface area (Å²) in [6.07, 6.45) is 4.13. The summed E-state index contributed by atoms with van der Waals surface area (Å²) >= 11 is 5.28. The van der Waals surface area contributed by atoms with Crippen LogP contribution in [0.15, 0.2) is 71.6 Å². The molecule has 0 radical (unpaired) electrons. The number of rotatable bonds is 5. The van der Waals surface area contributed by atoms with Crippen molar-refractivity contribution in [3.63, 3.8) is 0 Å². The Hall–Kier alpha value is -2.81. The van der Waals surface area contributed by atoms with Crippen LogP contribution in [0.2, 0.25) is 0 Å². The molecular formula is C25H27N3O3S2. The van der Waals surface area contributed by atoms with Gasteiger partial charge in [-0.3, -0.25) is 4.79 Å². The number of hydrogen-bond donors (Lipinski definition) is 2. The van der Waals surface area contributed by atoms with Crippen molar-refractivity contribution in [2.75, 3.05) is 18.4 Å². The maximum atomic E-state index is 12.9. The van der Waals surface area contributed by atoms with Crippen LogP contribution in [0.25, 0.3) is 10.8 Å². The van der Waals surface area contributed by atoms with Gasteiger partial charge in [0.25, 0.3) is 0 Å². The first-order chi connectivity index (χ1) is 15.9. The molecule has 172 valence electrons. The Morgan fingerprint density at radius 3 is 2.27 bits per heavy atom. The average molecular weight is 482 g/mol. The van der Waals surface area contributed by atoms with Crippen molar-refractivity contribution in [1.29, 1.82) is 0 Å². The zero-order valence-corrected chi connectivity index (χ0v) is 19.9. The smallest absolute Gasteiger partial charge is 0.243 e. The van der Waals surface area contributed by atoms with E-state index in [4.69, 9.17) is 12.2 Å². The molecule has 1 amide bonds. The summed E-state index contributed by atoms with van der Waals surface area (Å²) < 4.78 is 27.4. The highest BCUT2D eigenvalue weighted by atomic mass is 32.2. The predicted octanol–water partition coefficient (Wildman–Crippen LogP) is 4.46. The minimum Gasteiger partial charge on any atom is -0.332 e. The number of carbonyl (C=O) groups is 1. The molecular weight excluding hydrogens is 454 g/mol. The molecule has 1 aliphatic heterocycles. The summed E-state index contributed by atoms with van der Waals surface area (Å²) in [5.74, 6) is -0.218. The van der Waals surface area contributed by atoms with Crippen LogP contribution in [0.3, 0.4) is 0 Å². The number of carbonyl (C=O) groups excluding carboxylic acids is 1. The fraction of sp³-hybridized carbons (Fsp3) is 0.280. The van der Waals surface area contributed by atoms with E-state index in [2.05, 4.69) is 10.6 Å². The van der Waals surface area contributed by atoms with Crippen LogP contribution in [0.1, 0.15) is 31.2 Å². The molecule has 33 heavy (non-hydrogen) atoms. The first kappa shape index (κ1) is 23.4. The third-order valence-electron chi connectivity index (χ3n) is 5.80. The lowest BCUT2D eigenvalue weighted by molar-refractivity contribution is -0.119. The molecule has 3 aromatic rings. The predicted molar refractivity (Wildman–Crippen MR) is 136 cm³/mol. The number of nitrogens with one attached hydrogen (secondary N) is 2. The molecule has 0 bridgehead atoms. The van der Waals surface area contributed by atoms with Gasteiger partial charge in [-0.25, -0.2) is 8.42 Å². The maximum Gasteiger partial charge on any atom is 0.243 e. The molecule has 0 atom stereocenters. The van der Waals surface area contributed by atoms with Gasteiger partial charge in [0.05, 0.1) is 11.3 Å². The number of sulfonamides is 1. The molecule has 1 aliphatic rings. The van der Waals surface area contributed by atoms with Crippen LogP contribution in [0, 0.1) is 0 Å². The van der Waals surface area contributed by atoms with Crippen LogP contribution in [-0.4, -0.2) is 36.8 Å². The number of nitrogens with zero attached hydrogens (tertiary/aromatic N) is 1.